The number of amides is 3. The van der Waals surface area contributed by atoms with E-state index in [1.54, 1.807) is 16.7 Å². The van der Waals surface area contributed by atoms with Crippen LogP contribution in [0.5, 0.6) is 0 Å². The van der Waals surface area contributed by atoms with Gasteiger partial charge in [0.05, 0.1) is 5.56 Å². The maximum absolute atomic E-state index is 12.6. The lowest BCUT2D eigenvalue weighted by molar-refractivity contribution is -0.140. The predicted molar refractivity (Wildman–Crippen MR) is 104 cm³/mol. The number of hydrogen-bond donors (Lipinski definition) is 1. The lowest BCUT2D eigenvalue weighted by Crippen LogP contribution is -2.51. The fraction of sp³-hybridized carbons (Fsp3) is 0.579. The van der Waals surface area contributed by atoms with Crippen molar-refractivity contribution in [3.05, 3.63) is 16.0 Å². The number of anilines is 1. The van der Waals surface area contributed by atoms with Crippen LogP contribution in [0.3, 0.4) is 0 Å². The van der Waals surface area contributed by atoms with Crippen molar-refractivity contribution in [2.24, 2.45) is 5.92 Å². The lowest BCUT2D eigenvalue weighted by Gasteiger charge is -2.34. The van der Waals surface area contributed by atoms with Crippen molar-refractivity contribution in [1.82, 2.24) is 9.80 Å². The van der Waals surface area contributed by atoms with Crippen LogP contribution in [0.4, 0.5) is 5.00 Å². The van der Waals surface area contributed by atoms with Gasteiger partial charge in [-0.1, -0.05) is 0 Å². The predicted octanol–water partition coefficient (Wildman–Crippen LogP) is 1.56. The van der Waals surface area contributed by atoms with Gasteiger partial charge in [0, 0.05) is 43.9 Å². The zero-order valence-corrected chi connectivity index (χ0v) is 17.2. The summed E-state index contributed by atoms with van der Waals surface area (Å²) in [5, 5.41) is 3.31. The molecule has 0 unspecified atom stereocenters. The number of rotatable bonds is 5. The van der Waals surface area contributed by atoms with E-state index in [0.29, 0.717) is 36.7 Å². The minimum Gasteiger partial charge on any atom is -0.452 e. The first-order valence-corrected chi connectivity index (χ1v) is 10.2. The van der Waals surface area contributed by atoms with Gasteiger partial charge in [-0.2, -0.15) is 0 Å². The molecule has 152 valence electrons. The Hall–Kier alpha value is -2.42. The first kappa shape index (κ1) is 20.3. The first-order valence-electron chi connectivity index (χ1n) is 9.39. The fourth-order valence-electron chi connectivity index (χ4n) is 3.08. The summed E-state index contributed by atoms with van der Waals surface area (Å²) in [6.07, 6.45) is 1.75. The average Bonchev–Trinajstić information content (AvgIpc) is 3.47. The van der Waals surface area contributed by atoms with E-state index in [2.05, 4.69) is 5.32 Å². The highest BCUT2D eigenvalue weighted by Gasteiger charge is 2.32. The van der Waals surface area contributed by atoms with Gasteiger partial charge < -0.3 is 19.9 Å². The molecule has 3 rings (SSSR count). The topological polar surface area (TPSA) is 96.0 Å². The minimum absolute atomic E-state index is 0.0115. The Morgan fingerprint density at radius 2 is 1.68 bits per heavy atom. The minimum atomic E-state index is -0.608. The lowest BCUT2D eigenvalue weighted by atomic mass is 10.1. The zero-order chi connectivity index (χ0) is 20.4. The highest BCUT2D eigenvalue weighted by Crippen LogP contribution is 2.36. The second kappa shape index (κ2) is 8.30. The molecule has 2 fully saturated rings. The average molecular weight is 407 g/mol. The molecule has 28 heavy (non-hydrogen) atoms. The van der Waals surface area contributed by atoms with Crippen LogP contribution < -0.4 is 5.32 Å². The molecule has 1 aliphatic carbocycles. The fourth-order valence-corrected chi connectivity index (χ4v) is 4.13. The number of piperazine rings is 1. The maximum atomic E-state index is 12.6. The van der Waals surface area contributed by atoms with Crippen molar-refractivity contribution >= 4 is 40.0 Å². The highest BCUT2D eigenvalue weighted by atomic mass is 32.1. The van der Waals surface area contributed by atoms with Crippen LogP contribution in [-0.2, 0) is 19.1 Å². The zero-order valence-electron chi connectivity index (χ0n) is 16.4. The van der Waals surface area contributed by atoms with Crippen molar-refractivity contribution in [2.45, 2.75) is 33.6 Å². The number of thiophene rings is 1. The third-order valence-electron chi connectivity index (χ3n) is 5.18. The number of nitrogens with one attached hydrogen (secondary N) is 1. The quantitative estimate of drug-likeness (QED) is 0.748. The van der Waals surface area contributed by atoms with Gasteiger partial charge in [0.15, 0.2) is 6.61 Å². The van der Waals surface area contributed by atoms with Crippen molar-refractivity contribution < 1.29 is 23.9 Å². The number of esters is 1. The summed E-state index contributed by atoms with van der Waals surface area (Å²) in [7, 11) is 0. The summed E-state index contributed by atoms with van der Waals surface area (Å²) >= 11 is 1.34. The van der Waals surface area contributed by atoms with Crippen molar-refractivity contribution in [1.29, 1.82) is 0 Å². The van der Waals surface area contributed by atoms with Crippen molar-refractivity contribution in [3.8, 4) is 0 Å². The van der Waals surface area contributed by atoms with E-state index in [1.807, 2.05) is 6.92 Å². The van der Waals surface area contributed by atoms with E-state index >= 15 is 0 Å². The Morgan fingerprint density at radius 3 is 2.25 bits per heavy atom. The third-order valence-corrected chi connectivity index (χ3v) is 6.30. The molecule has 1 aromatic rings. The van der Waals surface area contributed by atoms with E-state index in [-0.39, 0.29) is 30.2 Å². The molecule has 2 aliphatic rings. The molecule has 1 aromatic heterocycles. The molecule has 0 atom stereocenters. The molecular formula is C19H25N3O5S. The Bertz CT molecular complexity index is 807. The Kier molecular flexibility index (Phi) is 6.02. The summed E-state index contributed by atoms with van der Waals surface area (Å²) in [6.45, 7) is 6.64. The molecule has 2 heterocycles. The van der Waals surface area contributed by atoms with Gasteiger partial charge in [-0.15, -0.1) is 11.3 Å². The van der Waals surface area contributed by atoms with Crippen LogP contribution in [0, 0.1) is 19.8 Å². The van der Waals surface area contributed by atoms with E-state index in [4.69, 9.17) is 4.74 Å². The second-order valence-electron chi connectivity index (χ2n) is 7.21. The second-order valence-corrected chi connectivity index (χ2v) is 8.44. The van der Waals surface area contributed by atoms with Crippen LogP contribution in [0.25, 0.3) is 0 Å². The van der Waals surface area contributed by atoms with Gasteiger partial charge in [-0.05, 0) is 32.3 Å². The van der Waals surface area contributed by atoms with E-state index in [1.165, 1.54) is 18.3 Å². The normalized spacial score (nSPS) is 16.7. The van der Waals surface area contributed by atoms with Gasteiger partial charge in [0.1, 0.15) is 5.00 Å². The summed E-state index contributed by atoms with van der Waals surface area (Å²) in [5.74, 6) is -0.951. The highest BCUT2D eigenvalue weighted by molar-refractivity contribution is 7.16. The number of hydrogen-bond acceptors (Lipinski definition) is 6. The number of carbonyl (C=O) groups is 4. The van der Waals surface area contributed by atoms with Crippen molar-refractivity contribution in [2.75, 3.05) is 38.1 Å². The first-order chi connectivity index (χ1) is 13.3. The Morgan fingerprint density at radius 1 is 1.07 bits per heavy atom. The van der Waals surface area contributed by atoms with Gasteiger partial charge in [-0.25, -0.2) is 4.79 Å². The number of carbonyl (C=O) groups excluding carboxylic acids is 4. The molecule has 0 bridgehead atoms. The van der Waals surface area contributed by atoms with E-state index in [0.717, 1.165) is 23.3 Å². The largest absolute Gasteiger partial charge is 0.452 e. The Balaban J connectivity index is 1.58. The molecule has 1 saturated carbocycles. The molecule has 1 aliphatic heterocycles. The summed E-state index contributed by atoms with van der Waals surface area (Å²) in [6, 6.07) is 0. The van der Waals surface area contributed by atoms with Gasteiger partial charge in [0.2, 0.25) is 11.8 Å². The number of ether oxygens (including phenoxy) is 1. The SMILES string of the molecule is CC(=O)N1CCN(C(=O)COC(=O)c2c(NC(=O)C3CC3)sc(C)c2C)CC1. The van der Waals surface area contributed by atoms with Crippen molar-refractivity contribution in [3.63, 3.8) is 0 Å². The summed E-state index contributed by atoms with van der Waals surface area (Å²) < 4.78 is 5.25. The van der Waals surface area contributed by atoms with Gasteiger partial charge >= 0.3 is 5.97 Å². The van der Waals surface area contributed by atoms with Crippen LogP contribution in [0.15, 0.2) is 0 Å². The van der Waals surface area contributed by atoms with Crippen LogP contribution in [0.1, 0.15) is 40.6 Å². The smallest absolute Gasteiger partial charge is 0.341 e. The maximum Gasteiger partial charge on any atom is 0.341 e. The van der Waals surface area contributed by atoms with E-state index < -0.39 is 5.97 Å². The standard InChI is InChI=1S/C19H25N3O5S/c1-11-12(2)28-18(20-17(25)14-4-5-14)16(11)19(26)27-10-15(24)22-8-6-21(7-9-22)13(3)23/h14H,4-10H2,1-3H3,(H,20,25). The molecule has 3 amide bonds. The third kappa shape index (κ3) is 4.52. The molecule has 0 aromatic carbocycles. The van der Waals surface area contributed by atoms with Gasteiger partial charge in [0.25, 0.3) is 5.91 Å². The summed E-state index contributed by atoms with van der Waals surface area (Å²) in [4.78, 5) is 52.6. The van der Waals surface area contributed by atoms with Gasteiger partial charge in [-0.3, -0.25) is 14.4 Å². The molecule has 1 N–H and O–H groups in total. The molecule has 0 radical (unpaired) electrons. The Labute approximate surface area is 167 Å². The molecular weight excluding hydrogens is 382 g/mol. The number of aryl methyl sites for hydroxylation is 1. The molecule has 0 spiro atoms. The van der Waals surface area contributed by atoms with E-state index in [9.17, 15) is 19.2 Å². The summed E-state index contributed by atoms with van der Waals surface area (Å²) in [5.41, 5.74) is 1.08. The van der Waals surface area contributed by atoms with Crippen LogP contribution in [-0.4, -0.2) is 66.3 Å². The number of nitrogens with zero attached hydrogens (tertiary/aromatic N) is 2. The van der Waals surface area contributed by atoms with Crippen LogP contribution in [0.2, 0.25) is 0 Å². The molecule has 1 saturated heterocycles. The monoisotopic (exact) mass is 407 g/mol. The molecule has 8 nitrogen and oxygen atoms in total. The van der Waals surface area contributed by atoms with Crippen LogP contribution >= 0.6 is 11.3 Å². The molecule has 9 heteroatoms.